The van der Waals surface area contributed by atoms with Crippen LogP contribution in [0.15, 0.2) is 53.0 Å². The van der Waals surface area contributed by atoms with Crippen molar-refractivity contribution in [2.75, 3.05) is 6.61 Å². The minimum Gasteiger partial charge on any atom is -0.456 e. The van der Waals surface area contributed by atoms with Crippen LogP contribution >= 0.6 is 15.9 Å². The molecule has 0 spiro atoms. The number of ether oxygens (including phenoxy) is 2. The maximum absolute atomic E-state index is 12.4. The fourth-order valence-corrected chi connectivity index (χ4v) is 2.76. The van der Waals surface area contributed by atoms with Crippen molar-refractivity contribution >= 4 is 21.8 Å². The number of carbonyl (C=O) groups excluding carboxylic acids is 1. The quantitative estimate of drug-likeness (QED) is 0.765. The van der Waals surface area contributed by atoms with Gasteiger partial charge in [-0.2, -0.15) is 0 Å². The Hall–Kier alpha value is -1.89. The fourth-order valence-electron chi connectivity index (χ4n) is 2.38. The van der Waals surface area contributed by atoms with Crippen LogP contribution in [0.25, 0.3) is 0 Å². The largest absolute Gasteiger partial charge is 0.456 e. The number of rotatable bonds is 5. The number of halogens is 1. The molecule has 1 atom stereocenters. The van der Waals surface area contributed by atoms with Gasteiger partial charge < -0.3 is 9.47 Å². The summed E-state index contributed by atoms with van der Waals surface area (Å²) in [4.78, 5) is 17.7. The minimum absolute atomic E-state index is 0.366. The van der Waals surface area contributed by atoms with E-state index < -0.39 is 0 Å². The summed E-state index contributed by atoms with van der Waals surface area (Å²) in [6.45, 7) is 0.656. The van der Waals surface area contributed by atoms with Gasteiger partial charge in [0, 0.05) is 17.5 Å². The molecule has 0 aromatic heterocycles. The molecule has 1 aliphatic heterocycles. The number of amides is 1. The maximum Gasteiger partial charge on any atom is 0.278 e. The van der Waals surface area contributed by atoms with E-state index in [1.54, 1.807) is 18.2 Å². The van der Waals surface area contributed by atoms with Gasteiger partial charge in [0.05, 0.1) is 5.56 Å². The van der Waals surface area contributed by atoms with Gasteiger partial charge >= 0.3 is 0 Å². The van der Waals surface area contributed by atoms with Crippen LogP contribution in [0.5, 0.6) is 11.5 Å². The summed E-state index contributed by atoms with van der Waals surface area (Å²) in [6, 6.07) is 14.5. The van der Waals surface area contributed by atoms with Gasteiger partial charge in [-0.25, -0.2) is 10.3 Å². The summed E-state index contributed by atoms with van der Waals surface area (Å²) in [5.41, 5.74) is 2.85. The van der Waals surface area contributed by atoms with Gasteiger partial charge in [-0.1, -0.05) is 34.1 Å². The molecule has 1 N–H and O–H groups in total. The number of para-hydroxylation sites is 1. The van der Waals surface area contributed by atoms with E-state index in [-0.39, 0.29) is 12.2 Å². The molecule has 0 saturated carbocycles. The third-order valence-electron chi connectivity index (χ3n) is 3.58. The standard InChI is InChI=1S/C18H18BrNO4/c19-13-6-5-7-14(12-13)23-16-9-2-1-8-15(16)18(21)20-24-17-10-3-4-11-22-17/h1-2,5-9,12,17H,3-4,10-11H2,(H,20,21)/t17-/m0/s1. The first kappa shape index (κ1) is 17.0. The van der Waals surface area contributed by atoms with Crippen LogP contribution in [0.4, 0.5) is 0 Å². The average molecular weight is 392 g/mol. The summed E-state index contributed by atoms with van der Waals surface area (Å²) in [6.07, 6.45) is 2.44. The van der Waals surface area contributed by atoms with Crippen LogP contribution in [0.2, 0.25) is 0 Å². The van der Waals surface area contributed by atoms with Crippen LogP contribution in [-0.2, 0) is 9.57 Å². The highest BCUT2D eigenvalue weighted by molar-refractivity contribution is 9.10. The normalized spacial score (nSPS) is 17.3. The van der Waals surface area contributed by atoms with E-state index >= 15 is 0 Å². The van der Waals surface area contributed by atoms with E-state index in [0.717, 1.165) is 23.7 Å². The second kappa shape index (κ2) is 8.28. The van der Waals surface area contributed by atoms with Gasteiger partial charge in [-0.05, 0) is 43.2 Å². The lowest BCUT2D eigenvalue weighted by Crippen LogP contribution is -2.33. The number of hydroxylamine groups is 1. The Morgan fingerprint density at radius 1 is 1.17 bits per heavy atom. The lowest BCUT2D eigenvalue weighted by atomic mass is 10.2. The molecule has 1 fully saturated rings. The number of hydrogen-bond donors (Lipinski definition) is 1. The molecule has 1 aliphatic rings. The SMILES string of the molecule is O=C(NO[C@H]1CCCCO1)c1ccccc1Oc1cccc(Br)c1. The second-order valence-electron chi connectivity index (χ2n) is 5.40. The maximum atomic E-state index is 12.4. The van der Waals surface area contributed by atoms with Gasteiger partial charge in [0.1, 0.15) is 11.5 Å². The first-order valence-corrected chi connectivity index (χ1v) is 8.62. The molecule has 2 aromatic carbocycles. The molecule has 3 rings (SSSR count). The Kier molecular flexibility index (Phi) is 5.85. The highest BCUT2D eigenvalue weighted by Crippen LogP contribution is 2.27. The van der Waals surface area contributed by atoms with E-state index in [4.69, 9.17) is 14.3 Å². The Bertz CT molecular complexity index is 701. The van der Waals surface area contributed by atoms with Gasteiger partial charge in [0.25, 0.3) is 5.91 Å². The summed E-state index contributed by atoms with van der Waals surface area (Å²) >= 11 is 3.40. The summed E-state index contributed by atoms with van der Waals surface area (Å²) in [5, 5.41) is 0. The molecule has 0 aliphatic carbocycles. The van der Waals surface area contributed by atoms with Gasteiger partial charge in [-0.15, -0.1) is 0 Å². The molecule has 1 saturated heterocycles. The molecule has 2 aromatic rings. The molecule has 1 amide bonds. The Balaban J connectivity index is 1.67. The average Bonchev–Trinajstić information content (AvgIpc) is 2.61. The molecule has 1 heterocycles. The zero-order valence-corrected chi connectivity index (χ0v) is 14.6. The molecule has 126 valence electrons. The summed E-state index contributed by atoms with van der Waals surface area (Å²) in [7, 11) is 0. The molecule has 5 nitrogen and oxygen atoms in total. The monoisotopic (exact) mass is 391 g/mol. The lowest BCUT2D eigenvalue weighted by molar-refractivity contribution is -0.186. The third-order valence-corrected chi connectivity index (χ3v) is 4.07. The van der Waals surface area contributed by atoms with Crippen molar-refractivity contribution in [2.45, 2.75) is 25.6 Å². The topological polar surface area (TPSA) is 56.8 Å². The molecule has 0 radical (unpaired) electrons. The lowest BCUT2D eigenvalue weighted by Gasteiger charge is -2.22. The first-order chi connectivity index (χ1) is 11.7. The van der Waals surface area contributed by atoms with Gasteiger partial charge in [0.2, 0.25) is 0 Å². The van der Waals surface area contributed by atoms with E-state index in [0.29, 0.717) is 23.7 Å². The van der Waals surface area contributed by atoms with Crippen molar-refractivity contribution in [1.82, 2.24) is 5.48 Å². The predicted octanol–water partition coefficient (Wildman–Crippen LogP) is 4.43. The zero-order valence-electron chi connectivity index (χ0n) is 13.0. The van der Waals surface area contributed by atoms with Gasteiger partial charge in [0.15, 0.2) is 6.29 Å². The highest BCUT2D eigenvalue weighted by atomic mass is 79.9. The molecule has 0 bridgehead atoms. The third kappa shape index (κ3) is 4.56. The number of nitrogens with one attached hydrogen (secondary N) is 1. The molecular formula is C18H18BrNO4. The Morgan fingerprint density at radius 3 is 2.83 bits per heavy atom. The highest BCUT2D eigenvalue weighted by Gasteiger charge is 2.18. The Labute approximate surface area is 149 Å². The number of benzene rings is 2. The van der Waals surface area contributed by atoms with E-state index in [9.17, 15) is 4.79 Å². The van der Waals surface area contributed by atoms with Crippen molar-refractivity contribution in [1.29, 1.82) is 0 Å². The molecule has 6 heteroatoms. The summed E-state index contributed by atoms with van der Waals surface area (Å²) in [5.74, 6) is 0.734. The van der Waals surface area contributed by atoms with Crippen LogP contribution in [0, 0.1) is 0 Å². The minimum atomic E-state index is -0.388. The van der Waals surface area contributed by atoms with Crippen molar-refractivity contribution in [3.8, 4) is 11.5 Å². The van der Waals surface area contributed by atoms with E-state index in [1.165, 1.54) is 0 Å². The summed E-state index contributed by atoms with van der Waals surface area (Å²) < 4.78 is 12.2. The second-order valence-corrected chi connectivity index (χ2v) is 6.32. The number of carbonyl (C=O) groups is 1. The van der Waals surface area contributed by atoms with Crippen LogP contribution in [-0.4, -0.2) is 18.8 Å². The van der Waals surface area contributed by atoms with E-state index in [1.807, 2.05) is 30.3 Å². The van der Waals surface area contributed by atoms with Crippen molar-refractivity contribution in [3.05, 3.63) is 58.6 Å². The first-order valence-electron chi connectivity index (χ1n) is 7.82. The van der Waals surface area contributed by atoms with Crippen LogP contribution in [0.1, 0.15) is 29.6 Å². The fraction of sp³-hybridized carbons (Fsp3) is 0.278. The van der Waals surface area contributed by atoms with Crippen LogP contribution in [0.3, 0.4) is 0 Å². The Morgan fingerprint density at radius 2 is 2.04 bits per heavy atom. The predicted molar refractivity (Wildman–Crippen MR) is 92.8 cm³/mol. The van der Waals surface area contributed by atoms with Gasteiger partial charge in [-0.3, -0.25) is 4.79 Å². The molecular weight excluding hydrogens is 374 g/mol. The van der Waals surface area contributed by atoms with Crippen LogP contribution < -0.4 is 10.2 Å². The van der Waals surface area contributed by atoms with Crippen molar-refractivity contribution in [3.63, 3.8) is 0 Å². The molecule has 24 heavy (non-hydrogen) atoms. The zero-order chi connectivity index (χ0) is 16.8. The van der Waals surface area contributed by atoms with Crippen molar-refractivity contribution < 1.29 is 19.1 Å². The number of hydrogen-bond acceptors (Lipinski definition) is 4. The smallest absolute Gasteiger partial charge is 0.278 e. The van der Waals surface area contributed by atoms with Crippen molar-refractivity contribution in [2.24, 2.45) is 0 Å². The van der Waals surface area contributed by atoms with E-state index in [2.05, 4.69) is 21.4 Å². The molecule has 0 unspecified atom stereocenters.